The van der Waals surface area contributed by atoms with Crippen LogP contribution in [0.4, 0.5) is 0 Å². The van der Waals surface area contributed by atoms with E-state index < -0.39 is 11.8 Å². The van der Waals surface area contributed by atoms with Gasteiger partial charge in [0.2, 0.25) is 5.91 Å². The van der Waals surface area contributed by atoms with Crippen LogP contribution in [0.3, 0.4) is 0 Å². The Balaban J connectivity index is 2.51. The van der Waals surface area contributed by atoms with Crippen LogP contribution in [0.15, 0.2) is 0 Å². The quantitative estimate of drug-likeness (QED) is 0.675. The summed E-state index contributed by atoms with van der Waals surface area (Å²) in [6.07, 6.45) is 1.88. The number of hydrazine groups is 1. The first-order valence-electron chi connectivity index (χ1n) is 5.79. The minimum absolute atomic E-state index is 0.0464. The molecule has 1 heterocycles. The molecule has 1 rings (SSSR count). The second-order valence-electron chi connectivity index (χ2n) is 4.30. The maximum absolute atomic E-state index is 11.8. The molecule has 1 saturated heterocycles. The van der Waals surface area contributed by atoms with Crippen molar-refractivity contribution >= 4 is 17.7 Å². The third kappa shape index (κ3) is 3.18. The molecule has 0 bridgehead atoms. The number of carbonyl (C=O) groups is 3. The summed E-state index contributed by atoms with van der Waals surface area (Å²) < 4.78 is 0. The summed E-state index contributed by atoms with van der Waals surface area (Å²) in [5.41, 5.74) is 2.38. The topological polar surface area (TPSA) is 69.7 Å². The van der Waals surface area contributed by atoms with E-state index in [1.807, 2.05) is 6.92 Å². The minimum atomic E-state index is -0.864. The fraction of sp³-hybridized carbons (Fsp3) is 0.727. The summed E-state index contributed by atoms with van der Waals surface area (Å²) in [7, 11) is 3.17. The molecule has 0 aromatic carbocycles. The maximum atomic E-state index is 11.8. The second kappa shape index (κ2) is 5.65. The molecule has 0 spiro atoms. The molecule has 1 unspecified atom stereocenters. The van der Waals surface area contributed by atoms with Gasteiger partial charge < -0.3 is 4.90 Å². The van der Waals surface area contributed by atoms with Gasteiger partial charge in [-0.3, -0.25) is 24.8 Å². The molecule has 6 nitrogen and oxygen atoms in total. The first-order chi connectivity index (χ1) is 7.97. The molecule has 1 atom stereocenters. The van der Waals surface area contributed by atoms with Gasteiger partial charge in [-0.1, -0.05) is 13.3 Å². The van der Waals surface area contributed by atoms with Crippen LogP contribution in [0.25, 0.3) is 0 Å². The van der Waals surface area contributed by atoms with Crippen molar-refractivity contribution < 1.29 is 14.4 Å². The first kappa shape index (κ1) is 13.5. The lowest BCUT2D eigenvalue weighted by molar-refractivity contribution is -0.139. The van der Waals surface area contributed by atoms with E-state index in [4.69, 9.17) is 0 Å². The van der Waals surface area contributed by atoms with Crippen LogP contribution < -0.4 is 5.43 Å². The van der Waals surface area contributed by atoms with Gasteiger partial charge in [0, 0.05) is 27.1 Å². The fourth-order valence-electron chi connectivity index (χ4n) is 1.67. The van der Waals surface area contributed by atoms with Crippen molar-refractivity contribution in [1.82, 2.24) is 15.3 Å². The van der Waals surface area contributed by atoms with Gasteiger partial charge in [0.15, 0.2) is 0 Å². The van der Waals surface area contributed by atoms with E-state index >= 15 is 0 Å². The number of amides is 3. The maximum Gasteiger partial charge on any atom is 0.253 e. The van der Waals surface area contributed by atoms with Gasteiger partial charge in [-0.25, -0.2) is 0 Å². The van der Waals surface area contributed by atoms with E-state index in [1.54, 1.807) is 11.9 Å². The van der Waals surface area contributed by atoms with Gasteiger partial charge in [-0.15, -0.1) is 0 Å². The van der Waals surface area contributed by atoms with Gasteiger partial charge in [-0.05, 0) is 6.42 Å². The van der Waals surface area contributed by atoms with E-state index in [2.05, 4.69) is 5.43 Å². The van der Waals surface area contributed by atoms with Gasteiger partial charge in [0.25, 0.3) is 11.8 Å². The minimum Gasteiger partial charge on any atom is -0.346 e. The molecular formula is C11H19N3O3. The average molecular weight is 241 g/mol. The number of hydrogen-bond acceptors (Lipinski definition) is 3. The molecule has 1 N–H and O–H groups in total. The van der Waals surface area contributed by atoms with Crippen LogP contribution in [0.2, 0.25) is 0 Å². The van der Waals surface area contributed by atoms with Crippen LogP contribution in [0.1, 0.15) is 26.2 Å². The number of rotatable bonds is 5. The van der Waals surface area contributed by atoms with E-state index in [1.165, 1.54) is 7.05 Å². The van der Waals surface area contributed by atoms with Crippen molar-refractivity contribution in [2.45, 2.75) is 26.2 Å². The molecule has 1 aliphatic rings. The smallest absolute Gasteiger partial charge is 0.253 e. The van der Waals surface area contributed by atoms with Crippen molar-refractivity contribution in [1.29, 1.82) is 0 Å². The number of nitrogens with zero attached hydrogens (tertiary/aromatic N) is 2. The SMILES string of the molecule is CCCCN(C)C(=O)CC1C(=O)NN(C)C1=O. The predicted octanol–water partition coefficient (Wildman–Crippen LogP) is -0.246. The third-order valence-corrected chi connectivity index (χ3v) is 2.87. The molecular weight excluding hydrogens is 222 g/mol. The monoisotopic (exact) mass is 241 g/mol. The average Bonchev–Trinajstić information content (AvgIpc) is 2.52. The van der Waals surface area contributed by atoms with Crippen LogP contribution in [0, 0.1) is 5.92 Å². The number of carbonyl (C=O) groups excluding carboxylic acids is 3. The first-order valence-corrected chi connectivity index (χ1v) is 5.79. The lowest BCUT2D eigenvalue weighted by Crippen LogP contribution is -2.32. The van der Waals surface area contributed by atoms with Gasteiger partial charge in [0.05, 0.1) is 0 Å². The van der Waals surface area contributed by atoms with Crippen LogP contribution in [0.5, 0.6) is 0 Å². The van der Waals surface area contributed by atoms with Crippen LogP contribution >= 0.6 is 0 Å². The van der Waals surface area contributed by atoms with E-state index in [-0.39, 0.29) is 18.2 Å². The predicted molar refractivity (Wildman–Crippen MR) is 61.6 cm³/mol. The molecule has 1 fully saturated rings. The van der Waals surface area contributed by atoms with E-state index in [9.17, 15) is 14.4 Å². The molecule has 0 aromatic heterocycles. The Labute approximate surface area is 101 Å². The van der Waals surface area contributed by atoms with E-state index in [0.29, 0.717) is 6.54 Å². The number of hydrogen-bond donors (Lipinski definition) is 1. The van der Waals surface area contributed by atoms with Crippen molar-refractivity contribution in [2.24, 2.45) is 5.92 Å². The molecule has 0 radical (unpaired) electrons. The molecule has 0 aliphatic carbocycles. The Hall–Kier alpha value is -1.59. The van der Waals surface area contributed by atoms with Crippen molar-refractivity contribution in [3.8, 4) is 0 Å². The second-order valence-corrected chi connectivity index (χ2v) is 4.30. The Kier molecular flexibility index (Phi) is 4.48. The van der Waals surface area contributed by atoms with E-state index in [0.717, 1.165) is 17.9 Å². The molecule has 17 heavy (non-hydrogen) atoms. The Morgan fingerprint density at radius 3 is 2.59 bits per heavy atom. The molecule has 3 amide bonds. The highest BCUT2D eigenvalue weighted by atomic mass is 16.2. The summed E-state index contributed by atoms with van der Waals surface area (Å²) in [5, 5.41) is 1.13. The molecule has 96 valence electrons. The van der Waals surface area contributed by atoms with Crippen molar-refractivity contribution in [3.63, 3.8) is 0 Å². The highest BCUT2D eigenvalue weighted by molar-refractivity contribution is 6.07. The molecule has 1 aliphatic heterocycles. The Bertz CT molecular complexity index is 330. The summed E-state index contributed by atoms with van der Waals surface area (Å²) in [6.45, 7) is 2.70. The fourth-order valence-corrected chi connectivity index (χ4v) is 1.67. The number of nitrogens with one attached hydrogen (secondary N) is 1. The van der Waals surface area contributed by atoms with Gasteiger partial charge in [-0.2, -0.15) is 0 Å². The Morgan fingerprint density at radius 2 is 2.12 bits per heavy atom. The lowest BCUT2D eigenvalue weighted by Gasteiger charge is -2.17. The third-order valence-electron chi connectivity index (χ3n) is 2.87. The molecule has 0 aromatic rings. The van der Waals surface area contributed by atoms with Crippen LogP contribution in [-0.2, 0) is 14.4 Å². The molecule has 0 saturated carbocycles. The lowest BCUT2D eigenvalue weighted by atomic mass is 10.0. The summed E-state index contributed by atoms with van der Waals surface area (Å²) in [5.74, 6) is -1.76. The number of unbranched alkanes of at least 4 members (excludes halogenated alkanes) is 1. The highest BCUT2D eigenvalue weighted by Gasteiger charge is 2.38. The van der Waals surface area contributed by atoms with Crippen LogP contribution in [-0.4, -0.2) is 48.3 Å². The van der Waals surface area contributed by atoms with Gasteiger partial charge >= 0.3 is 0 Å². The largest absolute Gasteiger partial charge is 0.346 e. The Morgan fingerprint density at radius 1 is 1.47 bits per heavy atom. The summed E-state index contributed by atoms with van der Waals surface area (Å²) >= 11 is 0. The highest BCUT2D eigenvalue weighted by Crippen LogP contribution is 2.14. The summed E-state index contributed by atoms with van der Waals surface area (Å²) in [6, 6.07) is 0. The summed E-state index contributed by atoms with van der Waals surface area (Å²) in [4.78, 5) is 36.3. The zero-order valence-corrected chi connectivity index (χ0v) is 10.5. The van der Waals surface area contributed by atoms with Gasteiger partial charge in [0.1, 0.15) is 5.92 Å². The molecule has 6 heteroatoms. The normalized spacial score (nSPS) is 19.5. The zero-order valence-electron chi connectivity index (χ0n) is 10.5. The van der Waals surface area contributed by atoms with Crippen molar-refractivity contribution in [3.05, 3.63) is 0 Å². The van der Waals surface area contributed by atoms with Crippen molar-refractivity contribution in [2.75, 3.05) is 20.6 Å². The zero-order chi connectivity index (χ0) is 13.0. The standard InChI is InChI=1S/C11H19N3O3/c1-4-5-6-13(2)9(15)7-8-10(16)12-14(3)11(8)17/h8H,4-7H2,1-3H3,(H,12,16).